The van der Waals surface area contributed by atoms with Crippen LogP contribution < -0.4 is 0 Å². The molecule has 0 aliphatic carbocycles. The molecule has 7 nitrogen and oxygen atoms in total. The van der Waals surface area contributed by atoms with Gasteiger partial charge < -0.3 is 14.6 Å². The van der Waals surface area contributed by atoms with Gasteiger partial charge in [0.25, 0.3) is 5.91 Å². The Morgan fingerprint density at radius 1 is 1.32 bits per heavy atom. The number of carbonyl (C=O) groups excluding carboxylic acids is 1. The van der Waals surface area contributed by atoms with Crippen LogP contribution in [0.5, 0.6) is 0 Å². The van der Waals surface area contributed by atoms with Crippen LogP contribution in [-0.4, -0.2) is 49.3 Å². The third-order valence-corrected chi connectivity index (χ3v) is 4.26. The van der Waals surface area contributed by atoms with E-state index in [-0.39, 0.29) is 12.5 Å². The van der Waals surface area contributed by atoms with Crippen LogP contribution >= 0.6 is 0 Å². The van der Waals surface area contributed by atoms with Crippen LogP contribution in [-0.2, 0) is 11.8 Å². The van der Waals surface area contributed by atoms with Gasteiger partial charge in [0.2, 0.25) is 0 Å². The van der Waals surface area contributed by atoms with E-state index in [1.165, 1.54) is 6.20 Å². The zero-order valence-electron chi connectivity index (χ0n) is 12.6. The summed E-state index contributed by atoms with van der Waals surface area (Å²) in [6.07, 6.45) is 5.69. The fourth-order valence-corrected chi connectivity index (χ4v) is 2.84. The van der Waals surface area contributed by atoms with E-state index in [0.717, 1.165) is 0 Å². The van der Waals surface area contributed by atoms with E-state index in [4.69, 9.17) is 0 Å². The number of carboxylic acid groups (broad SMARTS) is 1. The molecule has 0 saturated carbocycles. The maximum absolute atomic E-state index is 12.8. The number of carbonyl (C=O) groups is 2. The van der Waals surface area contributed by atoms with Crippen LogP contribution in [0.15, 0.2) is 30.7 Å². The Morgan fingerprint density at radius 3 is 2.59 bits per heavy atom. The minimum atomic E-state index is -0.870. The second kappa shape index (κ2) is 5.01. The number of amides is 1. The SMILES string of the molecule is Cn1ncc(C(=O)N2CCC(C)(C(=O)O)C2)c1-n1cccc1. The van der Waals surface area contributed by atoms with Crippen LogP contribution in [0.2, 0.25) is 0 Å². The van der Waals surface area contributed by atoms with E-state index in [0.29, 0.717) is 24.3 Å². The first kappa shape index (κ1) is 14.4. The molecule has 1 atom stereocenters. The zero-order valence-corrected chi connectivity index (χ0v) is 12.6. The summed E-state index contributed by atoms with van der Waals surface area (Å²) < 4.78 is 3.46. The van der Waals surface area contributed by atoms with Crippen molar-refractivity contribution < 1.29 is 14.7 Å². The van der Waals surface area contributed by atoms with Crippen LogP contribution in [0, 0.1) is 5.41 Å². The Bertz CT molecular complexity index is 719. The first-order valence-electron chi connectivity index (χ1n) is 7.10. The third-order valence-electron chi connectivity index (χ3n) is 4.26. The lowest BCUT2D eigenvalue weighted by Crippen LogP contribution is -2.35. The second-order valence-electron chi connectivity index (χ2n) is 5.94. The number of aromatic nitrogens is 3. The standard InChI is InChI=1S/C15H18N4O3/c1-15(14(21)22)5-8-19(10-15)13(20)11-9-16-17(2)12(11)18-6-3-4-7-18/h3-4,6-7,9H,5,8,10H2,1-2H3,(H,21,22). The average molecular weight is 302 g/mol. The maximum atomic E-state index is 12.8. The molecule has 3 heterocycles. The van der Waals surface area contributed by atoms with Crippen molar-refractivity contribution in [3.63, 3.8) is 0 Å². The lowest BCUT2D eigenvalue weighted by atomic mass is 9.90. The Balaban J connectivity index is 1.90. The molecular formula is C15H18N4O3. The minimum absolute atomic E-state index is 0.179. The number of hydrogen-bond acceptors (Lipinski definition) is 3. The summed E-state index contributed by atoms with van der Waals surface area (Å²) in [5.74, 6) is -0.361. The van der Waals surface area contributed by atoms with Crippen molar-refractivity contribution >= 4 is 11.9 Å². The third kappa shape index (κ3) is 2.18. The van der Waals surface area contributed by atoms with Gasteiger partial charge >= 0.3 is 5.97 Å². The molecule has 0 aromatic carbocycles. The highest BCUT2D eigenvalue weighted by atomic mass is 16.4. The van der Waals surface area contributed by atoms with Crippen molar-refractivity contribution in [1.29, 1.82) is 0 Å². The van der Waals surface area contributed by atoms with Crippen LogP contribution in [0.3, 0.4) is 0 Å². The van der Waals surface area contributed by atoms with Crippen LogP contribution in [0.1, 0.15) is 23.7 Å². The van der Waals surface area contributed by atoms with Gasteiger partial charge in [0.1, 0.15) is 11.4 Å². The predicted molar refractivity (Wildman–Crippen MR) is 78.8 cm³/mol. The van der Waals surface area contributed by atoms with Gasteiger partial charge in [-0.25, -0.2) is 0 Å². The number of aliphatic carboxylic acids is 1. The predicted octanol–water partition coefficient (Wildman–Crippen LogP) is 1.15. The number of aryl methyl sites for hydroxylation is 1. The van der Waals surface area contributed by atoms with Gasteiger partial charge in [-0.1, -0.05) is 0 Å². The Labute approximate surface area is 127 Å². The topological polar surface area (TPSA) is 80.4 Å². The van der Waals surface area contributed by atoms with Gasteiger partial charge in [-0.2, -0.15) is 5.10 Å². The molecule has 2 aromatic heterocycles. The van der Waals surface area contributed by atoms with E-state index < -0.39 is 11.4 Å². The van der Waals surface area contributed by atoms with E-state index in [9.17, 15) is 14.7 Å². The van der Waals surface area contributed by atoms with Crippen molar-refractivity contribution in [3.05, 3.63) is 36.3 Å². The van der Waals surface area contributed by atoms with Crippen LogP contribution in [0.25, 0.3) is 5.82 Å². The van der Waals surface area contributed by atoms with E-state index in [1.807, 2.05) is 29.1 Å². The maximum Gasteiger partial charge on any atom is 0.311 e. The summed E-state index contributed by atoms with van der Waals surface area (Å²) >= 11 is 0. The molecule has 1 saturated heterocycles. The Hall–Kier alpha value is -2.57. The number of likely N-dealkylation sites (tertiary alicyclic amines) is 1. The molecule has 2 aromatic rings. The van der Waals surface area contributed by atoms with Gasteiger partial charge in [-0.3, -0.25) is 14.3 Å². The smallest absolute Gasteiger partial charge is 0.311 e. The molecule has 1 amide bonds. The number of rotatable bonds is 3. The summed E-state index contributed by atoms with van der Waals surface area (Å²) in [5.41, 5.74) is -0.390. The highest BCUT2D eigenvalue weighted by Gasteiger charge is 2.42. The largest absolute Gasteiger partial charge is 0.481 e. The van der Waals surface area contributed by atoms with Crippen LogP contribution in [0.4, 0.5) is 0 Å². The first-order chi connectivity index (χ1) is 10.4. The fourth-order valence-electron chi connectivity index (χ4n) is 2.84. The molecule has 22 heavy (non-hydrogen) atoms. The van der Waals surface area contributed by atoms with Gasteiger partial charge in [-0.05, 0) is 25.5 Å². The minimum Gasteiger partial charge on any atom is -0.481 e. The number of nitrogens with zero attached hydrogens (tertiary/aromatic N) is 4. The van der Waals surface area contributed by atoms with Crippen molar-refractivity contribution in [2.75, 3.05) is 13.1 Å². The molecule has 1 aliphatic rings. The molecule has 3 rings (SSSR count). The molecule has 1 aliphatic heterocycles. The lowest BCUT2D eigenvalue weighted by molar-refractivity contribution is -0.147. The summed E-state index contributed by atoms with van der Waals surface area (Å²) in [4.78, 5) is 25.7. The second-order valence-corrected chi connectivity index (χ2v) is 5.94. The quantitative estimate of drug-likeness (QED) is 0.922. The monoisotopic (exact) mass is 302 g/mol. The molecule has 116 valence electrons. The summed E-state index contributed by atoms with van der Waals surface area (Å²) in [5, 5.41) is 13.5. The van der Waals surface area contributed by atoms with Crippen molar-refractivity contribution in [1.82, 2.24) is 19.2 Å². The normalized spacial score (nSPS) is 21.3. The fraction of sp³-hybridized carbons (Fsp3) is 0.400. The number of hydrogen-bond donors (Lipinski definition) is 1. The summed E-state index contributed by atoms with van der Waals surface area (Å²) in [7, 11) is 1.78. The van der Waals surface area contributed by atoms with Crippen molar-refractivity contribution in [3.8, 4) is 5.82 Å². The Morgan fingerprint density at radius 2 is 2.00 bits per heavy atom. The number of carboxylic acids is 1. The van der Waals surface area contributed by atoms with E-state index in [2.05, 4.69) is 5.10 Å². The molecular weight excluding hydrogens is 284 g/mol. The summed E-state index contributed by atoms with van der Waals surface area (Å²) in [6, 6.07) is 3.75. The van der Waals surface area contributed by atoms with Gasteiger partial charge in [-0.15, -0.1) is 0 Å². The molecule has 1 N–H and O–H groups in total. The molecule has 0 radical (unpaired) electrons. The molecule has 1 fully saturated rings. The molecule has 0 bridgehead atoms. The highest BCUT2D eigenvalue weighted by Crippen LogP contribution is 2.31. The first-order valence-corrected chi connectivity index (χ1v) is 7.10. The van der Waals surface area contributed by atoms with Gasteiger partial charge in [0.05, 0.1) is 11.6 Å². The lowest BCUT2D eigenvalue weighted by Gasteiger charge is -2.20. The molecule has 7 heteroatoms. The van der Waals surface area contributed by atoms with Gasteiger partial charge in [0, 0.05) is 32.5 Å². The highest BCUT2D eigenvalue weighted by molar-refractivity contribution is 5.97. The van der Waals surface area contributed by atoms with Crippen molar-refractivity contribution in [2.24, 2.45) is 12.5 Å². The van der Waals surface area contributed by atoms with E-state index in [1.54, 1.807) is 23.6 Å². The van der Waals surface area contributed by atoms with Gasteiger partial charge in [0.15, 0.2) is 0 Å². The molecule has 0 spiro atoms. The Kier molecular flexibility index (Phi) is 3.27. The zero-order chi connectivity index (χ0) is 15.9. The molecule has 1 unspecified atom stereocenters. The average Bonchev–Trinajstić information content (AvgIpc) is 3.17. The van der Waals surface area contributed by atoms with E-state index >= 15 is 0 Å². The van der Waals surface area contributed by atoms with Crippen molar-refractivity contribution in [2.45, 2.75) is 13.3 Å². The summed E-state index contributed by atoms with van der Waals surface area (Å²) in [6.45, 7) is 2.35.